The third-order valence-corrected chi connectivity index (χ3v) is 2.95. The van der Waals surface area contributed by atoms with E-state index in [0.29, 0.717) is 0 Å². The van der Waals surface area contributed by atoms with Gasteiger partial charge in [0.25, 0.3) is 0 Å². The number of esters is 4. The molecule has 0 aromatic heterocycles. The first kappa shape index (κ1) is 19.4. The minimum atomic E-state index is -1.36. The fraction of sp³-hybridized carbons (Fsp3) is 0.643. The van der Waals surface area contributed by atoms with Crippen LogP contribution in [0.4, 0.5) is 0 Å². The summed E-state index contributed by atoms with van der Waals surface area (Å²) in [6.07, 6.45) is -3.75. The third kappa shape index (κ3) is 5.52. The van der Waals surface area contributed by atoms with Crippen molar-refractivity contribution in [2.45, 2.75) is 52.0 Å². The van der Waals surface area contributed by atoms with Crippen LogP contribution in [0.5, 0.6) is 0 Å². The Morgan fingerprint density at radius 3 is 1.96 bits per heavy atom. The van der Waals surface area contributed by atoms with Crippen LogP contribution >= 0.6 is 0 Å². The van der Waals surface area contributed by atoms with Crippen molar-refractivity contribution in [1.29, 1.82) is 0 Å². The van der Waals surface area contributed by atoms with E-state index in [1.807, 2.05) is 0 Å². The summed E-state index contributed by atoms with van der Waals surface area (Å²) in [5.74, 6) is -3.61. The molecule has 0 bridgehead atoms. The molecule has 0 aliphatic carbocycles. The Balaban J connectivity index is 3.13. The second-order valence-electron chi connectivity index (χ2n) is 5.10. The number of hydrogen-bond acceptors (Lipinski definition) is 9. The first-order chi connectivity index (χ1) is 11.1. The quantitative estimate of drug-likeness (QED) is 0.483. The molecule has 134 valence electrons. The van der Waals surface area contributed by atoms with E-state index in [-0.39, 0.29) is 0 Å². The van der Waals surface area contributed by atoms with Gasteiger partial charge in [-0.1, -0.05) is 0 Å². The van der Waals surface area contributed by atoms with Crippen LogP contribution in [-0.2, 0) is 42.9 Å². The zero-order valence-corrected chi connectivity index (χ0v) is 13.7. The van der Waals surface area contributed by atoms with Gasteiger partial charge in [-0.25, -0.2) is 4.79 Å². The topological polar surface area (TPSA) is 134 Å². The van der Waals surface area contributed by atoms with Gasteiger partial charge in [0.05, 0.1) is 0 Å². The van der Waals surface area contributed by atoms with Gasteiger partial charge in [0.1, 0.15) is 6.61 Å². The summed E-state index contributed by atoms with van der Waals surface area (Å²) in [5.41, 5.74) is 0. The molecule has 1 saturated heterocycles. The highest BCUT2D eigenvalue weighted by Gasteiger charge is 2.51. The van der Waals surface area contributed by atoms with Crippen LogP contribution in [0, 0.1) is 0 Å². The molecule has 0 unspecified atom stereocenters. The van der Waals surface area contributed by atoms with Crippen LogP contribution in [0.3, 0.4) is 0 Å². The van der Waals surface area contributed by atoms with E-state index in [2.05, 4.69) is 5.32 Å². The maximum Gasteiger partial charge on any atom is 0.333 e. The van der Waals surface area contributed by atoms with Gasteiger partial charge >= 0.3 is 23.9 Å². The first-order valence-electron chi connectivity index (χ1n) is 7.07. The number of amides is 1. The zero-order chi connectivity index (χ0) is 18.4. The van der Waals surface area contributed by atoms with Crippen LogP contribution in [0.2, 0.25) is 0 Å². The Kier molecular flexibility index (Phi) is 6.69. The first-order valence-corrected chi connectivity index (χ1v) is 7.07. The Morgan fingerprint density at radius 2 is 1.50 bits per heavy atom. The van der Waals surface area contributed by atoms with Crippen LogP contribution in [0.1, 0.15) is 27.7 Å². The molecule has 10 nitrogen and oxygen atoms in total. The van der Waals surface area contributed by atoms with Crippen LogP contribution in [0.25, 0.3) is 0 Å². The standard InChI is InChI=1S/C14H19NO9/c1-6(16)15-11-13(23-9(4)19)12(22-8(3)18)10(24-14(11)20)5-21-7(2)17/h10-13H,5H2,1-4H3,(H,15,16)/t10-,11-,12-,13-/m1/s1. The number of hydrogen-bond donors (Lipinski definition) is 1. The molecule has 1 N–H and O–H groups in total. The second kappa shape index (κ2) is 8.27. The van der Waals surface area contributed by atoms with E-state index in [1.54, 1.807) is 0 Å². The molecule has 1 aliphatic heterocycles. The van der Waals surface area contributed by atoms with Gasteiger partial charge in [-0.3, -0.25) is 19.2 Å². The van der Waals surface area contributed by atoms with Crippen molar-refractivity contribution in [3.8, 4) is 0 Å². The highest BCUT2D eigenvalue weighted by Crippen LogP contribution is 2.23. The number of carbonyl (C=O) groups excluding carboxylic acids is 5. The molecule has 4 atom stereocenters. The monoisotopic (exact) mass is 345 g/mol. The van der Waals surface area contributed by atoms with E-state index >= 15 is 0 Å². The average Bonchev–Trinajstić information content (AvgIpc) is 2.42. The highest BCUT2D eigenvalue weighted by molar-refractivity contribution is 5.85. The largest absolute Gasteiger partial charge is 0.462 e. The minimum Gasteiger partial charge on any atom is -0.462 e. The fourth-order valence-electron chi connectivity index (χ4n) is 2.17. The molecule has 1 rings (SSSR count). The Labute approximate surface area is 137 Å². The Hall–Kier alpha value is -2.65. The normalized spacial score (nSPS) is 25.9. The molecule has 1 heterocycles. The lowest BCUT2D eigenvalue weighted by atomic mass is 9.97. The summed E-state index contributed by atoms with van der Waals surface area (Å²) in [6, 6.07) is -1.36. The molecule has 10 heteroatoms. The van der Waals surface area contributed by atoms with Gasteiger partial charge in [0, 0.05) is 27.7 Å². The summed E-state index contributed by atoms with van der Waals surface area (Å²) in [6.45, 7) is 4.11. The van der Waals surface area contributed by atoms with Crippen LogP contribution < -0.4 is 5.32 Å². The lowest BCUT2D eigenvalue weighted by molar-refractivity contribution is -0.210. The molecular formula is C14H19NO9. The zero-order valence-electron chi connectivity index (χ0n) is 13.7. The van der Waals surface area contributed by atoms with E-state index in [1.165, 1.54) is 0 Å². The molecule has 0 spiro atoms. The predicted molar refractivity (Wildman–Crippen MR) is 75.2 cm³/mol. The lowest BCUT2D eigenvalue weighted by Gasteiger charge is -2.39. The van der Waals surface area contributed by atoms with E-state index in [9.17, 15) is 24.0 Å². The number of ether oxygens (including phenoxy) is 4. The molecule has 0 saturated carbocycles. The van der Waals surface area contributed by atoms with Crippen molar-refractivity contribution in [3.63, 3.8) is 0 Å². The van der Waals surface area contributed by atoms with Crippen molar-refractivity contribution in [2.75, 3.05) is 6.61 Å². The number of cyclic esters (lactones) is 1. The second-order valence-corrected chi connectivity index (χ2v) is 5.10. The van der Waals surface area contributed by atoms with Crippen molar-refractivity contribution in [2.24, 2.45) is 0 Å². The lowest BCUT2D eigenvalue weighted by Crippen LogP contribution is -2.64. The number of nitrogens with one attached hydrogen (secondary N) is 1. The van der Waals surface area contributed by atoms with Gasteiger partial charge in [-0.05, 0) is 0 Å². The molecule has 0 aromatic carbocycles. The Bertz CT molecular complexity index is 544. The van der Waals surface area contributed by atoms with Gasteiger partial charge in [-0.2, -0.15) is 0 Å². The van der Waals surface area contributed by atoms with E-state index in [4.69, 9.17) is 18.9 Å². The molecule has 0 radical (unpaired) electrons. The van der Waals surface area contributed by atoms with Crippen LogP contribution in [0.15, 0.2) is 0 Å². The smallest absolute Gasteiger partial charge is 0.333 e. The molecule has 24 heavy (non-hydrogen) atoms. The predicted octanol–water partition coefficient (Wildman–Crippen LogP) is -1.16. The number of carbonyl (C=O) groups is 5. The molecule has 1 amide bonds. The van der Waals surface area contributed by atoms with Crippen LogP contribution in [-0.4, -0.2) is 60.7 Å². The van der Waals surface area contributed by atoms with Crippen molar-refractivity contribution in [3.05, 3.63) is 0 Å². The summed E-state index contributed by atoms with van der Waals surface area (Å²) in [7, 11) is 0. The minimum absolute atomic E-state index is 0.399. The molecular weight excluding hydrogens is 326 g/mol. The van der Waals surface area contributed by atoms with Gasteiger partial charge < -0.3 is 24.3 Å². The summed E-state index contributed by atoms with van der Waals surface area (Å²) in [5, 5.41) is 2.29. The van der Waals surface area contributed by atoms with Crippen molar-refractivity contribution in [1.82, 2.24) is 5.32 Å². The van der Waals surface area contributed by atoms with Gasteiger partial charge in [-0.15, -0.1) is 0 Å². The number of rotatable bonds is 5. The summed E-state index contributed by atoms with van der Waals surface area (Å²) in [4.78, 5) is 57.0. The third-order valence-electron chi connectivity index (χ3n) is 2.95. The maximum absolute atomic E-state index is 12.1. The molecule has 1 fully saturated rings. The highest BCUT2D eigenvalue weighted by atomic mass is 16.6. The van der Waals surface area contributed by atoms with Gasteiger partial charge in [0.2, 0.25) is 5.91 Å². The van der Waals surface area contributed by atoms with Gasteiger partial charge in [0.15, 0.2) is 24.4 Å². The van der Waals surface area contributed by atoms with E-state index in [0.717, 1.165) is 27.7 Å². The molecule has 1 aliphatic rings. The SMILES string of the molecule is CC(=O)N[C@H]1C(=O)O[C@H](COC(C)=O)[C@@H](OC(C)=O)[C@@H]1OC(C)=O. The Morgan fingerprint density at radius 1 is 0.958 bits per heavy atom. The van der Waals surface area contributed by atoms with Crippen molar-refractivity contribution < 1.29 is 42.9 Å². The maximum atomic E-state index is 12.1. The van der Waals surface area contributed by atoms with Crippen molar-refractivity contribution >= 4 is 29.8 Å². The summed E-state index contributed by atoms with van der Waals surface area (Å²) < 4.78 is 20.0. The average molecular weight is 345 g/mol. The van der Waals surface area contributed by atoms with E-state index < -0.39 is 60.7 Å². The summed E-state index contributed by atoms with van der Waals surface area (Å²) >= 11 is 0. The molecule has 0 aromatic rings. The fourth-order valence-corrected chi connectivity index (χ4v) is 2.17.